The molecule has 112 valence electrons. The summed E-state index contributed by atoms with van der Waals surface area (Å²) in [6.45, 7) is 2.07. The summed E-state index contributed by atoms with van der Waals surface area (Å²) >= 11 is 0. The molecule has 0 saturated heterocycles. The zero-order valence-electron chi connectivity index (χ0n) is 11.6. The first-order chi connectivity index (χ1) is 9.47. The van der Waals surface area contributed by atoms with E-state index in [1.165, 1.54) is 6.07 Å². The predicted octanol–water partition coefficient (Wildman–Crippen LogP) is 3.97. The fraction of sp³-hybridized carbons (Fsp3) is 0.600. The molecule has 1 fully saturated rings. The molecule has 0 unspecified atom stereocenters. The standard InChI is InChI=1S/C15H20F3NO/c1-2-19(12-5-3-4-6-12)14-8-7-11(10-20)9-13(14)15(16,17)18/h7-9,12,20H,2-6,10H2,1H3. The highest BCUT2D eigenvalue weighted by molar-refractivity contribution is 5.57. The third kappa shape index (κ3) is 3.08. The number of hydrogen-bond acceptors (Lipinski definition) is 2. The largest absolute Gasteiger partial charge is 0.418 e. The highest BCUT2D eigenvalue weighted by atomic mass is 19.4. The van der Waals surface area contributed by atoms with Crippen LogP contribution in [0, 0.1) is 0 Å². The van der Waals surface area contributed by atoms with Crippen LogP contribution in [0.1, 0.15) is 43.7 Å². The Labute approximate surface area is 117 Å². The number of halogens is 3. The van der Waals surface area contributed by atoms with E-state index in [1.807, 2.05) is 11.8 Å². The second kappa shape index (κ2) is 6.04. The summed E-state index contributed by atoms with van der Waals surface area (Å²) in [6.07, 6.45) is -0.333. The van der Waals surface area contributed by atoms with Gasteiger partial charge in [0.2, 0.25) is 0 Å². The zero-order chi connectivity index (χ0) is 14.8. The van der Waals surface area contributed by atoms with Crippen molar-refractivity contribution in [2.24, 2.45) is 0 Å². The second-order valence-electron chi connectivity index (χ2n) is 5.23. The minimum atomic E-state index is -4.40. The van der Waals surface area contributed by atoms with Gasteiger partial charge in [0.15, 0.2) is 0 Å². The molecular formula is C15H20F3NO. The third-order valence-electron chi connectivity index (χ3n) is 3.96. The number of hydrogen-bond donors (Lipinski definition) is 1. The maximum absolute atomic E-state index is 13.2. The van der Waals surface area contributed by atoms with E-state index in [2.05, 4.69) is 0 Å². The smallest absolute Gasteiger partial charge is 0.392 e. The molecule has 2 rings (SSSR count). The molecule has 1 N–H and O–H groups in total. The summed E-state index contributed by atoms with van der Waals surface area (Å²) in [5.41, 5.74) is -0.106. The Bertz CT molecular complexity index is 453. The molecule has 0 aromatic heterocycles. The fourth-order valence-corrected chi connectivity index (χ4v) is 3.00. The number of anilines is 1. The molecule has 1 aromatic carbocycles. The van der Waals surface area contributed by atoms with Crippen molar-refractivity contribution in [1.29, 1.82) is 0 Å². The lowest BCUT2D eigenvalue weighted by atomic mass is 10.0. The first-order valence-electron chi connectivity index (χ1n) is 7.05. The fourth-order valence-electron chi connectivity index (χ4n) is 3.00. The van der Waals surface area contributed by atoms with Crippen molar-refractivity contribution in [3.8, 4) is 0 Å². The Kier molecular flexibility index (Phi) is 4.58. The average Bonchev–Trinajstić information content (AvgIpc) is 2.92. The number of rotatable bonds is 4. The molecule has 0 bridgehead atoms. The van der Waals surface area contributed by atoms with E-state index in [0.717, 1.165) is 31.7 Å². The normalized spacial score (nSPS) is 16.6. The van der Waals surface area contributed by atoms with E-state index in [1.54, 1.807) is 6.07 Å². The van der Waals surface area contributed by atoms with Gasteiger partial charge in [-0.05, 0) is 37.5 Å². The summed E-state index contributed by atoms with van der Waals surface area (Å²) in [5.74, 6) is 0. The van der Waals surface area contributed by atoms with Gasteiger partial charge >= 0.3 is 6.18 Å². The van der Waals surface area contributed by atoms with Crippen LogP contribution in [-0.2, 0) is 12.8 Å². The molecule has 1 aromatic rings. The van der Waals surface area contributed by atoms with Crippen molar-refractivity contribution >= 4 is 5.69 Å². The van der Waals surface area contributed by atoms with E-state index in [0.29, 0.717) is 12.1 Å². The van der Waals surface area contributed by atoms with Crippen LogP contribution in [-0.4, -0.2) is 17.7 Å². The zero-order valence-corrected chi connectivity index (χ0v) is 11.6. The van der Waals surface area contributed by atoms with Gasteiger partial charge in [0.05, 0.1) is 12.2 Å². The van der Waals surface area contributed by atoms with Gasteiger partial charge in [0.1, 0.15) is 0 Å². The first kappa shape index (κ1) is 15.2. The van der Waals surface area contributed by atoms with Crippen LogP contribution in [0.5, 0.6) is 0 Å². The van der Waals surface area contributed by atoms with E-state index < -0.39 is 11.7 Å². The quantitative estimate of drug-likeness (QED) is 0.906. The van der Waals surface area contributed by atoms with Crippen molar-refractivity contribution in [3.05, 3.63) is 29.3 Å². The number of benzene rings is 1. The molecule has 2 nitrogen and oxygen atoms in total. The van der Waals surface area contributed by atoms with Crippen LogP contribution in [0.4, 0.5) is 18.9 Å². The monoisotopic (exact) mass is 287 g/mol. The molecule has 0 atom stereocenters. The van der Waals surface area contributed by atoms with Crippen LogP contribution < -0.4 is 4.90 Å². The summed E-state index contributed by atoms with van der Waals surface area (Å²) in [7, 11) is 0. The molecule has 1 aliphatic rings. The Hall–Kier alpha value is -1.23. The molecular weight excluding hydrogens is 267 g/mol. The maximum Gasteiger partial charge on any atom is 0.418 e. The lowest BCUT2D eigenvalue weighted by Crippen LogP contribution is -2.34. The summed E-state index contributed by atoms with van der Waals surface area (Å²) in [4.78, 5) is 1.86. The van der Waals surface area contributed by atoms with Gasteiger partial charge in [-0.15, -0.1) is 0 Å². The van der Waals surface area contributed by atoms with Crippen molar-refractivity contribution < 1.29 is 18.3 Å². The molecule has 1 saturated carbocycles. The van der Waals surface area contributed by atoms with Gasteiger partial charge < -0.3 is 10.0 Å². The SMILES string of the molecule is CCN(c1ccc(CO)cc1C(F)(F)F)C1CCCC1. The van der Waals surface area contributed by atoms with Crippen molar-refractivity contribution in [2.75, 3.05) is 11.4 Å². The molecule has 0 heterocycles. The van der Waals surface area contributed by atoms with Gasteiger partial charge in [-0.2, -0.15) is 13.2 Å². The highest BCUT2D eigenvalue weighted by Crippen LogP contribution is 2.39. The van der Waals surface area contributed by atoms with Gasteiger partial charge in [-0.3, -0.25) is 0 Å². The maximum atomic E-state index is 13.2. The topological polar surface area (TPSA) is 23.5 Å². The van der Waals surface area contributed by atoms with Gasteiger partial charge in [-0.25, -0.2) is 0 Å². The molecule has 0 radical (unpaired) electrons. The summed E-state index contributed by atoms with van der Waals surface area (Å²) in [6, 6.07) is 4.33. The van der Waals surface area contributed by atoms with E-state index in [-0.39, 0.29) is 18.3 Å². The number of aliphatic hydroxyl groups is 1. The second-order valence-corrected chi connectivity index (χ2v) is 5.23. The Balaban J connectivity index is 2.42. The molecule has 0 amide bonds. The van der Waals surface area contributed by atoms with Crippen LogP contribution >= 0.6 is 0 Å². The summed E-state index contributed by atoms with van der Waals surface area (Å²) < 4.78 is 39.7. The molecule has 0 spiro atoms. The Morgan fingerprint density at radius 1 is 1.25 bits per heavy atom. The van der Waals surface area contributed by atoms with Gasteiger partial charge in [0.25, 0.3) is 0 Å². The lowest BCUT2D eigenvalue weighted by molar-refractivity contribution is -0.137. The van der Waals surface area contributed by atoms with Gasteiger partial charge in [0, 0.05) is 18.3 Å². The lowest BCUT2D eigenvalue weighted by Gasteiger charge is -2.32. The van der Waals surface area contributed by atoms with Crippen LogP contribution in [0.2, 0.25) is 0 Å². The first-order valence-corrected chi connectivity index (χ1v) is 7.05. The highest BCUT2D eigenvalue weighted by Gasteiger charge is 2.36. The molecule has 0 aliphatic heterocycles. The van der Waals surface area contributed by atoms with Crippen molar-refractivity contribution in [3.63, 3.8) is 0 Å². The van der Waals surface area contributed by atoms with E-state index >= 15 is 0 Å². The predicted molar refractivity (Wildman–Crippen MR) is 72.6 cm³/mol. The van der Waals surface area contributed by atoms with Gasteiger partial charge in [-0.1, -0.05) is 18.9 Å². The van der Waals surface area contributed by atoms with E-state index in [4.69, 9.17) is 5.11 Å². The minimum absolute atomic E-state index is 0.195. The average molecular weight is 287 g/mol. The summed E-state index contributed by atoms with van der Waals surface area (Å²) in [5, 5.41) is 9.05. The third-order valence-corrected chi connectivity index (χ3v) is 3.96. The molecule has 1 aliphatic carbocycles. The van der Waals surface area contributed by atoms with Crippen molar-refractivity contribution in [1.82, 2.24) is 0 Å². The van der Waals surface area contributed by atoms with Crippen LogP contribution in [0.25, 0.3) is 0 Å². The molecule has 20 heavy (non-hydrogen) atoms. The van der Waals surface area contributed by atoms with Crippen molar-refractivity contribution in [2.45, 2.75) is 51.4 Å². The minimum Gasteiger partial charge on any atom is -0.392 e. The van der Waals surface area contributed by atoms with E-state index in [9.17, 15) is 13.2 Å². The molecule has 5 heteroatoms. The number of alkyl halides is 3. The van der Waals surface area contributed by atoms with Crippen LogP contribution in [0.15, 0.2) is 18.2 Å². The number of aliphatic hydroxyl groups excluding tert-OH is 1. The Morgan fingerprint density at radius 3 is 2.40 bits per heavy atom. The number of nitrogens with zero attached hydrogens (tertiary/aromatic N) is 1. The van der Waals surface area contributed by atoms with Crippen LogP contribution in [0.3, 0.4) is 0 Å². The Morgan fingerprint density at radius 2 is 1.90 bits per heavy atom.